The fourth-order valence-electron chi connectivity index (χ4n) is 1.68. The molecular weight excluding hydrogens is 236 g/mol. The van der Waals surface area contributed by atoms with Gasteiger partial charge in [-0.15, -0.1) is 6.58 Å². The normalized spacial score (nSPS) is 10.1. The fourth-order valence-corrected chi connectivity index (χ4v) is 1.68. The summed E-state index contributed by atoms with van der Waals surface area (Å²) >= 11 is 0. The highest BCUT2D eigenvalue weighted by Crippen LogP contribution is 2.25. The van der Waals surface area contributed by atoms with E-state index in [1.165, 1.54) is 6.07 Å². The summed E-state index contributed by atoms with van der Waals surface area (Å²) in [6.45, 7) is 4.10. The first-order chi connectivity index (χ1) is 8.63. The minimum absolute atomic E-state index is 0.0285. The summed E-state index contributed by atoms with van der Waals surface area (Å²) in [4.78, 5) is 12.0. The van der Waals surface area contributed by atoms with Gasteiger partial charge in [0.25, 0.3) is 5.69 Å². The van der Waals surface area contributed by atoms with Crippen molar-refractivity contribution in [1.29, 1.82) is 0 Å². The van der Waals surface area contributed by atoms with E-state index in [-0.39, 0.29) is 17.9 Å². The zero-order chi connectivity index (χ0) is 13.5. The zero-order valence-electron chi connectivity index (χ0n) is 9.95. The van der Waals surface area contributed by atoms with Gasteiger partial charge in [0.05, 0.1) is 23.7 Å². The number of hydrogen-bond acceptors (Lipinski definition) is 5. The second-order valence-electron chi connectivity index (χ2n) is 3.69. The van der Waals surface area contributed by atoms with Gasteiger partial charge in [0, 0.05) is 24.8 Å². The largest absolute Gasteiger partial charge is 0.395 e. The van der Waals surface area contributed by atoms with Crippen LogP contribution in [0, 0.1) is 10.1 Å². The van der Waals surface area contributed by atoms with Gasteiger partial charge in [0.1, 0.15) is 0 Å². The molecular formula is C12H16N2O4. The van der Waals surface area contributed by atoms with Crippen molar-refractivity contribution in [2.45, 2.75) is 6.61 Å². The third-order valence-electron chi connectivity index (χ3n) is 2.51. The lowest BCUT2D eigenvalue weighted by Gasteiger charge is -2.22. The van der Waals surface area contributed by atoms with Gasteiger partial charge in [-0.3, -0.25) is 10.1 Å². The lowest BCUT2D eigenvalue weighted by Crippen LogP contribution is -2.26. The number of hydrogen-bond donors (Lipinski definition) is 2. The van der Waals surface area contributed by atoms with Crippen LogP contribution in [0.3, 0.4) is 0 Å². The molecule has 1 aromatic rings. The van der Waals surface area contributed by atoms with Crippen molar-refractivity contribution >= 4 is 11.4 Å². The van der Waals surface area contributed by atoms with Crippen LogP contribution in [-0.2, 0) is 6.61 Å². The SMILES string of the molecule is C=CCN(CCO)c1ccc([N+](=O)[O-])c(CO)c1. The summed E-state index contributed by atoms with van der Waals surface area (Å²) in [7, 11) is 0. The third kappa shape index (κ3) is 3.28. The first-order valence-corrected chi connectivity index (χ1v) is 5.49. The molecule has 0 amide bonds. The van der Waals surface area contributed by atoms with E-state index in [0.29, 0.717) is 18.8 Å². The molecule has 0 radical (unpaired) electrons. The molecule has 0 spiro atoms. The maximum atomic E-state index is 10.7. The van der Waals surface area contributed by atoms with E-state index < -0.39 is 11.5 Å². The van der Waals surface area contributed by atoms with Crippen molar-refractivity contribution < 1.29 is 15.1 Å². The summed E-state index contributed by atoms with van der Waals surface area (Å²) in [5.74, 6) is 0. The molecule has 2 N–H and O–H groups in total. The number of aliphatic hydroxyl groups excluding tert-OH is 2. The molecule has 0 aromatic heterocycles. The van der Waals surface area contributed by atoms with Crippen molar-refractivity contribution in [2.24, 2.45) is 0 Å². The maximum Gasteiger partial charge on any atom is 0.275 e. The molecule has 18 heavy (non-hydrogen) atoms. The molecule has 6 nitrogen and oxygen atoms in total. The molecule has 0 saturated carbocycles. The lowest BCUT2D eigenvalue weighted by molar-refractivity contribution is -0.385. The van der Waals surface area contributed by atoms with Crippen molar-refractivity contribution in [3.05, 3.63) is 46.5 Å². The Hall–Kier alpha value is -1.92. The van der Waals surface area contributed by atoms with Gasteiger partial charge in [0.15, 0.2) is 0 Å². The molecule has 0 saturated heterocycles. The molecule has 0 aliphatic rings. The number of nitro benzene ring substituents is 1. The molecule has 98 valence electrons. The molecule has 1 rings (SSSR count). The number of anilines is 1. The quantitative estimate of drug-likeness (QED) is 0.430. The van der Waals surface area contributed by atoms with Gasteiger partial charge in [0.2, 0.25) is 0 Å². The van der Waals surface area contributed by atoms with Crippen LogP contribution < -0.4 is 4.90 Å². The van der Waals surface area contributed by atoms with Gasteiger partial charge < -0.3 is 15.1 Å². The Morgan fingerprint density at radius 1 is 1.44 bits per heavy atom. The van der Waals surface area contributed by atoms with E-state index in [1.54, 1.807) is 18.2 Å². The van der Waals surface area contributed by atoms with Gasteiger partial charge in [-0.2, -0.15) is 0 Å². The Bertz CT molecular complexity index is 434. The topological polar surface area (TPSA) is 86.8 Å². The minimum Gasteiger partial charge on any atom is -0.395 e. The predicted octanol–water partition coefficient (Wildman–Crippen LogP) is 1.07. The highest BCUT2D eigenvalue weighted by Gasteiger charge is 2.15. The maximum absolute atomic E-state index is 10.7. The minimum atomic E-state index is -0.529. The third-order valence-corrected chi connectivity index (χ3v) is 2.51. The van der Waals surface area contributed by atoms with Crippen LogP contribution in [0.4, 0.5) is 11.4 Å². The van der Waals surface area contributed by atoms with Crippen LogP contribution in [-0.4, -0.2) is 34.8 Å². The number of rotatable bonds is 7. The van der Waals surface area contributed by atoms with Crippen LogP contribution in [0.15, 0.2) is 30.9 Å². The molecule has 0 heterocycles. The van der Waals surface area contributed by atoms with E-state index in [0.717, 1.165) is 0 Å². The molecule has 0 atom stereocenters. The fraction of sp³-hybridized carbons (Fsp3) is 0.333. The van der Waals surface area contributed by atoms with Crippen molar-refractivity contribution in [2.75, 3.05) is 24.6 Å². The Morgan fingerprint density at radius 2 is 2.17 bits per heavy atom. The Morgan fingerprint density at radius 3 is 2.67 bits per heavy atom. The molecule has 6 heteroatoms. The summed E-state index contributed by atoms with van der Waals surface area (Å²) in [5.41, 5.74) is 0.854. The van der Waals surface area contributed by atoms with Crippen LogP contribution in [0.2, 0.25) is 0 Å². The van der Waals surface area contributed by atoms with Crippen LogP contribution >= 0.6 is 0 Å². The number of benzene rings is 1. The zero-order valence-corrected chi connectivity index (χ0v) is 9.95. The predicted molar refractivity (Wildman–Crippen MR) is 68.5 cm³/mol. The first-order valence-electron chi connectivity index (χ1n) is 5.49. The van der Waals surface area contributed by atoms with E-state index in [2.05, 4.69) is 6.58 Å². The summed E-state index contributed by atoms with van der Waals surface area (Å²) in [6.07, 6.45) is 1.68. The molecule has 0 unspecified atom stereocenters. The van der Waals surface area contributed by atoms with Gasteiger partial charge in [-0.05, 0) is 12.1 Å². The van der Waals surface area contributed by atoms with E-state index in [4.69, 9.17) is 10.2 Å². The average molecular weight is 252 g/mol. The first kappa shape index (κ1) is 14.1. The van der Waals surface area contributed by atoms with Gasteiger partial charge in [-0.25, -0.2) is 0 Å². The second-order valence-corrected chi connectivity index (χ2v) is 3.69. The monoisotopic (exact) mass is 252 g/mol. The van der Waals surface area contributed by atoms with Gasteiger partial charge >= 0.3 is 0 Å². The molecule has 0 fully saturated rings. The van der Waals surface area contributed by atoms with E-state index in [1.807, 2.05) is 4.90 Å². The Balaban J connectivity index is 3.09. The second kappa shape index (κ2) is 6.73. The summed E-state index contributed by atoms with van der Waals surface area (Å²) in [6, 6.07) is 4.50. The standard InChI is InChI=1S/C12H16N2O4/c1-2-5-13(6-7-15)11-3-4-12(14(17)18)10(8-11)9-16/h2-4,8,15-16H,1,5-7,9H2. The lowest BCUT2D eigenvalue weighted by atomic mass is 10.1. The molecule has 0 aliphatic carbocycles. The van der Waals surface area contributed by atoms with Crippen LogP contribution in [0.1, 0.15) is 5.56 Å². The number of nitro groups is 1. The van der Waals surface area contributed by atoms with Crippen LogP contribution in [0.25, 0.3) is 0 Å². The van der Waals surface area contributed by atoms with Crippen molar-refractivity contribution in [3.63, 3.8) is 0 Å². The smallest absolute Gasteiger partial charge is 0.275 e. The summed E-state index contributed by atoms with van der Waals surface area (Å²) in [5, 5.41) is 28.8. The number of nitrogens with zero attached hydrogens (tertiary/aromatic N) is 2. The van der Waals surface area contributed by atoms with Crippen molar-refractivity contribution in [1.82, 2.24) is 0 Å². The molecule has 0 bridgehead atoms. The Kier molecular flexibility index (Phi) is 5.29. The van der Waals surface area contributed by atoms with Crippen LogP contribution in [0.5, 0.6) is 0 Å². The van der Waals surface area contributed by atoms with Gasteiger partial charge in [-0.1, -0.05) is 6.08 Å². The molecule has 0 aliphatic heterocycles. The van der Waals surface area contributed by atoms with E-state index in [9.17, 15) is 10.1 Å². The Labute approximate surface area is 105 Å². The molecule has 1 aromatic carbocycles. The number of aliphatic hydroxyl groups is 2. The van der Waals surface area contributed by atoms with Crippen molar-refractivity contribution in [3.8, 4) is 0 Å². The van der Waals surface area contributed by atoms with E-state index >= 15 is 0 Å². The highest BCUT2D eigenvalue weighted by molar-refractivity contribution is 5.55. The average Bonchev–Trinajstić information content (AvgIpc) is 2.37. The highest BCUT2D eigenvalue weighted by atomic mass is 16.6. The summed E-state index contributed by atoms with van der Waals surface area (Å²) < 4.78 is 0.